The molecule has 3 rings (SSSR count). The lowest BCUT2D eigenvalue weighted by Gasteiger charge is -2.16. The van der Waals surface area contributed by atoms with Crippen LogP contribution in [0, 0.1) is 6.92 Å². The Morgan fingerprint density at radius 1 is 1.19 bits per heavy atom. The molecule has 2 aromatic carbocycles. The highest BCUT2D eigenvalue weighted by Gasteiger charge is 2.29. The molecular weight excluding hydrogens is 326 g/mol. The van der Waals surface area contributed by atoms with Gasteiger partial charge in [-0.25, -0.2) is 0 Å². The van der Waals surface area contributed by atoms with Gasteiger partial charge in [-0.1, -0.05) is 28.1 Å². The molecule has 2 aromatic rings. The van der Waals surface area contributed by atoms with E-state index in [2.05, 4.69) is 78.4 Å². The van der Waals surface area contributed by atoms with E-state index in [9.17, 15) is 0 Å². The number of fused-ring (bicyclic) bond motifs is 1. The number of rotatable bonds is 3. The highest BCUT2D eigenvalue weighted by atomic mass is 79.9. The third-order valence-electron chi connectivity index (χ3n) is 3.67. The van der Waals surface area contributed by atoms with Crippen molar-refractivity contribution in [3.8, 4) is 5.75 Å². The van der Waals surface area contributed by atoms with Crippen LogP contribution >= 0.6 is 15.9 Å². The molecule has 0 saturated heterocycles. The Kier molecular flexibility index (Phi) is 3.70. The van der Waals surface area contributed by atoms with E-state index in [0.717, 1.165) is 28.9 Å². The Hall–Kier alpha value is -1.48. The summed E-state index contributed by atoms with van der Waals surface area (Å²) < 4.78 is 7.02. The summed E-state index contributed by atoms with van der Waals surface area (Å²) in [4.78, 5) is 0. The molecule has 0 amide bonds. The molecule has 0 radical (unpaired) electrons. The van der Waals surface area contributed by atoms with Gasteiger partial charge in [-0.05, 0) is 61.7 Å². The first kappa shape index (κ1) is 14.5. The zero-order valence-electron chi connectivity index (χ0n) is 12.7. The maximum Gasteiger partial charge on any atom is 0.123 e. The Labute approximate surface area is 134 Å². The van der Waals surface area contributed by atoms with Crippen molar-refractivity contribution in [2.45, 2.75) is 39.3 Å². The van der Waals surface area contributed by atoms with E-state index in [4.69, 9.17) is 4.74 Å². The number of benzene rings is 2. The van der Waals surface area contributed by atoms with E-state index in [0.29, 0.717) is 0 Å². The standard InChI is InChI=1S/C18H20BrNO/c1-12-6-15(19)9-16(7-12)20-11-13-4-5-17-14(8-13)10-18(2,3)21-17/h4-9,20H,10-11H2,1-3H3. The molecule has 1 aliphatic heterocycles. The molecule has 0 bridgehead atoms. The van der Waals surface area contributed by atoms with Gasteiger partial charge < -0.3 is 10.1 Å². The van der Waals surface area contributed by atoms with E-state index in [1.165, 1.54) is 16.7 Å². The van der Waals surface area contributed by atoms with Crippen LogP contribution < -0.4 is 10.1 Å². The van der Waals surface area contributed by atoms with Gasteiger partial charge >= 0.3 is 0 Å². The second kappa shape index (κ2) is 5.38. The summed E-state index contributed by atoms with van der Waals surface area (Å²) >= 11 is 3.54. The molecule has 0 saturated carbocycles. The summed E-state index contributed by atoms with van der Waals surface area (Å²) in [5.41, 5.74) is 4.91. The molecule has 0 atom stereocenters. The van der Waals surface area contributed by atoms with Gasteiger partial charge in [0.2, 0.25) is 0 Å². The zero-order chi connectivity index (χ0) is 15.0. The van der Waals surface area contributed by atoms with Gasteiger partial charge in [-0.3, -0.25) is 0 Å². The lowest BCUT2D eigenvalue weighted by molar-refractivity contribution is 0.138. The normalized spacial score (nSPS) is 15.4. The summed E-state index contributed by atoms with van der Waals surface area (Å²) in [6.45, 7) is 7.19. The van der Waals surface area contributed by atoms with Crippen molar-refractivity contribution < 1.29 is 4.74 Å². The van der Waals surface area contributed by atoms with Crippen LogP contribution in [0.5, 0.6) is 5.75 Å². The Balaban J connectivity index is 1.72. The molecule has 1 aliphatic rings. The molecule has 0 spiro atoms. The molecule has 110 valence electrons. The fourth-order valence-electron chi connectivity index (χ4n) is 2.82. The van der Waals surface area contributed by atoms with E-state index < -0.39 is 0 Å². The van der Waals surface area contributed by atoms with Crippen LogP contribution in [-0.4, -0.2) is 5.60 Å². The van der Waals surface area contributed by atoms with Crippen molar-refractivity contribution in [1.29, 1.82) is 0 Å². The first-order chi connectivity index (χ1) is 9.91. The van der Waals surface area contributed by atoms with Gasteiger partial charge in [0.25, 0.3) is 0 Å². The predicted molar refractivity (Wildman–Crippen MR) is 91.1 cm³/mol. The van der Waals surface area contributed by atoms with Crippen molar-refractivity contribution in [2.75, 3.05) is 5.32 Å². The highest BCUT2D eigenvalue weighted by Crippen LogP contribution is 2.35. The van der Waals surface area contributed by atoms with Crippen molar-refractivity contribution in [3.05, 3.63) is 57.6 Å². The van der Waals surface area contributed by atoms with Crippen molar-refractivity contribution in [1.82, 2.24) is 0 Å². The first-order valence-electron chi connectivity index (χ1n) is 7.23. The monoisotopic (exact) mass is 345 g/mol. The largest absolute Gasteiger partial charge is 0.487 e. The minimum absolute atomic E-state index is 0.0736. The SMILES string of the molecule is Cc1cc(Br)cc(NCc2ccc3c(c2)CC(C)(C)O3)c1. The van der Waals surface area contributed by atoms with Gasteiger partial charge in [0, 0.05) is 23.1 Å². The minimum atomic E-state index is -0.0736. The van der Waals surface area contributed by atoms with Crippen LogP contribution in [0.1, 0.15) is 30.5 Å². The maximum atomic E-state index is 5.92. The molecule has 2 nitrogen and oxygen atoms in total. The summed E-state index contributed by atoms with van der Waals surface area (Å²) in [6, 6.07) is 12.9. The van der Waals surface area contributed by atoms with E-state index >= 15 is 0 Å². The molecule has 1 heterocycles. The van der Waals surface area contributed by atoms with Gasteiger partial charge in [-0.2, -0.15) is 0 Å². The summed E-state index contributed by atoms with van der Waals surface area (Å²) in [5, 5.41) is 3.48. The summed E-state index contributed by atoms with van der Waals surface area (Å²) in [7, 11) is 0. The molecule has 3 heteroatoms. The second-order valence-corrected chi connectivity index (χ2v) is 7.27. The maximum absolute atomic E-state index is 5.92. The van der Waals surface area contributed by atoms with Crippen molar-refractivity contribution >= 4 is 21.6 Å². The summed E-state index contributed by atoms with van der Waals surface area (Å²) in [6.07, 6.45) is 0.978. The molecule has 21 heavy (non-hydrogen) atoms. The van der Waals surface area contributed by atoms with Gasteiger partial charge in [0.05, 0.1) is 0 Å². The first-order valence-corrected chi connectivity index (χ1v) is 8.02. The predicted octanol–water partition coefficient (Wildman–Crippen LogP) is 5.08. The second-order valence-electron chi connectivity index (χ2n) is 6.35. The Morgan fingerprint density at radius 2 is 2.00 bits per heavy atom. The van der Waals surface area contributed by atoms with Crippen LogP contribution in [-0.2, 0) is 13.0 Å². The fraction of sp³-hybridized carbons (Fsp3) is 0.333. The van der Waals surface area contributed by atoms with Crippen LogP contribution in [0.15, 0.2) is 40.9 Å². The average molecular weight is 346 g/mol. The number of hydrogen-bond acceptors (Lipinski definition) is 2. The average Bonchev–Trinajstić information content (AvgIpc) is 2.68. The van der Waals surface area contributed by atoms with Crippen LogP contribution in [0.25, 0.3) is 0 Å². The van der Waals surface area contributed by atoms with Crippen LogP contribution in [0.4, 0.5) is 5.69 Å². The number of anilines is 1. The van der Waals surface area contributed by atoms with Gasteiger partial charge in [0.1, 0.15) is 11.4 Å². The van der Waals surface area contributed by atoms with E-state index in [-0.39, 0.29) is 5.60 Å². The van der Waals surface area contributed by atoms with Crippen molar-refractivity contribution in [3.63, 3.8) is 0 Å². The quantitative estimate of drug-likeness (QED) is 0.837. The third kappa shape index (κ3) is 3.41. The Morgan fingerprint density at radius 3 is 2.76 bits per heavy atom. The molecule has 0 aliphatic carbocycles. The van der Waals surface area contributed by atoms with Gasteiger partial charge in [-0.15, -0.1) is 0 Å². The van der Waals surface area contributed by atoms with Gasteiger partial charge in [0.15, 0.2) is 0 Å². The number of nitrogens with one attached hydrogen (secondary N) is 1. The lowest BCUT2D eigenvalue weighted by Crippen LogP contribution is -2.24. The number of halogens is 1. The topological polar surface area (TPSA) is 21.3 Å². The third-order valence-corrected chi connectivity index (χ3v) is 4.12. The van der Waals surface area contributed by atoms with Crippen LogP contribution in [0.2, 0.25) is 0 Å². The summed E-state index contributed by atoms with van der Waals surface area (Å²) in [5.74, 6) is 1.03. The van der Waals surface area contributed by atoms with Crippen LogP contribution in [0.3, 0.4) is 0 Å². The molecule has 0 fully saturated rings. The number of ether oxygens (including phenoxy) is 1. The zero-order valence-corrected chi connectivity index (χ0v) is 14.3. The number of hydrogen-bond donors (Lipinski definition) is 1. The van der Waals surface area contributed by atoms with Crippen molar-refractivity contribution in [2.24, 2.45) is 0 Å². The highest BCUT2D eigenvalue weighted by molar-refractivity contribution is 9.10. The fourth-order valence-corrected chi connectivity index (χ4v) is 3.42. The van der Waals surface area contributed by atoms with E-state index in [1.807, 2.05) is 0 Å². The van der Waals surface area contributed by atoms with E-state index in [1.54, 1.807) is 0 Å². The molecule has 1 N–H and O–H groups in total. The molecular formula is C18H20BrNO. The minimum Gasteiger partial charge on any atom is -0.487 e. The number of aryl methyl sites for hydroxylation is 1. The lowest BCUT2D eigenvalue weighted by atomic mass is 10.0. The Bertz CT molecular complexity index is 659. The molecule has 0 aromatic heterocycles. The molecule has 0 unspecified atom stereocenters. The smallest absolute Gasteiger partial charge is 0.123 e.